The second-order valence-electron chi connectivity index (χ2n) is 4.07. The zero-order valence-electron chi connectivity index (χ0n) is 11.5. The summed E-state index contributed by atoms with van der Waals surface area (Å²) in [6, 6.07) is 4.07. The standard InChI is InChI=1S/C13H17N3O4/c1-3-15(4-2)13(18)8-14-11-6-5-10(9-17)7-12(11)16(19)20/h5-7,9,14H,3-4,8H2,1-2H3. The van der Waals surface area contributed by atoms with Crippen LogP contribution in [0.2, 0.25) is 0 Å². The first-order valence-corrected chi connectivity index (χ1v) is 6.28. The van der Waals surface area contributed by atoms with E-state index in [0.717, 1.165) is 0 Å². The fourth-order valence-corrected chi connectivity index (χ4v) is 1.78. The number of benzene rings is 1. The van der Waals surface area contributed by atoms with Crippen molar-refractivity contribution in [1.82, 2.24) is 4.90 Å². The second kappa shape index (κ2) is 7.22. The zero-order valence-corrected chi connectivity index (χ0v) is 11.5. The highest BCUT2D eigenvalue weighted by Crippen LogP contribution is 2.24. The molecule has 0 aliphatic rings. The van der Waals surface area contributed by atoms with Crippen molar-refractivity contribution in [2.24, 2.45) is 0 Å². The van der Waals surface area contributed by atoms with Crippen LogP contribution in [-0.2, 0) is 4.79 Å². The van der Waals surface area contributed by atoms with Crippen LogP contribution in [0.4, 0.5) is 11.4 Å². The van der Waals surface area contributed by atoms with Crippen molar-refractivity contribution in [2.45, 2.75) is 13.8 Å². The first-order valence-electron chi connectivity index (χ1n) is 6.28. The zero-order chi connectivity index (χ0) is 15.1. The lowest BCUT2D eigenvalue weighted by atomic mass is 10.2. The van der Waals surface area contributed by atoms with E-state index in [4.69, 9.17) is 0 Å². The predicted molar refractivity (Wildman–Crippen MR) is 74.9 cm³/mol. The lowest BCUT2D eigenvalue weighted by Gasteiger charge is -2.19. The molecular weight excluding hydrogens is 262 g/mol. The molecule has 0 aromatic heterocycles. The minimum absolute atomic E-state index is 0.0248. The van der Waals surface area contributed by atoms with E-state index in [9.17, 15) is 19.7 Å². The van der Waals surface area contributed by atoms with Crippen molar-refractivity contribution in [3.05, 3.63) is 33.9 Å². The Morgan fingerprint density at radius 2 is 2.05 bits per heavy atom. The van der Waals surface area contributed by atoms with Crippen molar-refractivity contribution >= 4 is 23.6 Å². The summed E-state index contributed by atoms with van der Waals surface area (Å²) in [6.45, 7) is 4.88. The molecule has 0 radical (unpaired) electrons. The first kappa shape index (κ1) is 15.6. The number of hydrogen-bond acceptors (Lipinski definition) is 5. The van der Waals surface area contributed by atoms with Gasteiger partial charge in [0.15, 0.2) is 0 Å². The SMILES string of the molecule is CCN(CC)C(=O)CNc1ccc(C=O)cc1[N+](=O)[O-]. The Hall–Kier alpha value is -2.44. The molecule has 0 unspecified atom stereocenters. The van der Waals surface area contributed by atoms with Gasteiger partial charge in [0, 0.05) is 24.7 Å². The number of nitro groups is 1. The summed E-state index contributed by atoms with van der Waals surface area (Å²) >= 11 is 0. The van der Waals surface area contributed by atoms with Crippen molar-refractivity contribution in [1.29, 1.82) is 0 Å². The van der Waals surface area contributed by atoms with Crippen LogP contribution in [0.15, 0.2) is 18.2 Å². The van der Waals surface area contributed by atoms with Gasteiger partial charge in [-0.15, -0.1) is 0 Å². The monoisotopic (exact) mass is 279 g/mol. The first-order chi connectivity index (χ1) is 9.53. The molecule has 0 aliphatic carbocycles. The molecule has 1 aromatic rings. The molecule has 20 heavy (non-hydrogen) atoms. The van der Waals surface area contributed by atoms with Crippen LogP contribution in [0.25, 0.3) is 0 Å². The Kier molecular flexibility index (Phi) is 5.64. The van der Waals surface area contributed by atoms with Gasteiger partial charge in [-0.25, -0.2) is 0 Å². The molecule has 0 fully saturated rings. The Labute approximate surface area is 116 Å². The number of amides is 1. The van der Waals surface area contributed by atoms with Gasteiger partial charge in [0.2, 0.25) is 5.91 Å². The van der Waals surface area contributed by atoms with Crippen LogP contribution in [0, 0.1) is 10.1 Å². The smallest absolute Gasteiger partial charge is 0.293 e. The van der Waals surface area contributed by atoms with Crippen LogP contribution in [0.5, 0.6) is 0 Å². The third kappa shape index (κ3) is 3.78. The number of nitrogens with one attached hydrogen (secondary N) is 1. The van der Waals surface area contributed by atoms with Crippen LogP contribution >= 0.6 is 0 Å². The lowest BCUT2D eigenvalue weighted by molar-refractivity contribution is -0.384. The Morgan fingerprint density at radius 3 is 2.55 bits per heavy atom. The molecule has 0 bridgehead atoms. The van der Waals surface area contributed by atoms with E-state index in [1.165, 1.54) is 18.2 Å². The number of carbonyl (C=O) groups excluding carboxylic acids is 2. The lowest BCUT2D eigenvalue weighted by Crippen LogP contribution is -2.35. The fourth-order valence-electron chi connectivity index (χ4n) is 1.78. The van der Waals surface area contributed by atoms with E-state index in [2.05, 4.69) is 5.32 Å². The molecule has 0 aliphatic heterocycles. The average molecular weight is 279 g/mol. The summed E-state index contributed by atoms with van der Waals surface area (Å²) in [5.41, 5.74) is 0.223. The Morgan fingerprint density at radius 1 is 1.40 bits per heavy atom. The maximum absolute atomic E-state index is 11.8. The molecule has 0 atom stereocenters. The number of nitrogens with zero attached hydrogens (tertiary/aromatic N) is 2. The van der Waals surface area contributed by atoms with Gasteiger partial charge in [0.05, 0.1) is 11.5 Å². The van der Waals surface area contributed by atoms with Gasteiger partial charge in [0.1, 0.15) is 12.0 Å². The van der Waals surface area contributed by atoms with Gasteiger partial charge in [-0.3, -0.25) is 19.7 Å². The van der Waals surface area contributed by atoms with Gasteiger partial charge >= 0.3 is 0 Å². The maximum atomic E-state index is 11.8. The highest BCUT2D eigenvalue weighted by Gasteiger charge is 2.16. The highest BCUT2D eigenvalue weighted by molar-refractivity contribution is 5.83. The summed E-state index contributed by atoms with van der Waals surface area (Å²) in [4.78, 5) is 34.4. The van der Waals surface area contributed by atoms with Crippen LogP contribution in [-0.4, -0.2) is 41.7 Å². The number of anilines is 1. The van der Waals surface area contributed by atoms with Crippen LogP contribution in [0.3, 0.4) is 0 Å². The number of aldehydes is 1. The van der Waals surface area contributed by atoms with E-state index in [-0.39, 0.29) is 29.4 Å². The molecule has 1 amide bonds. The van der Waals surface area contributed by atoms with Gasteiger partial charge in [-0.1, -0.05) is 0 Å². The quantitative estimate of drug-likeness (QED) is 0.465. The molecule has 0 spiro atoms. The number of hydrogen-bond donors (Lipinski definition) is 1. The van der Waals surface area contributed by atoms with Gasteiger partial charge in [-0.05, 0) is 26.0 Å². The van der Waals surface area contributed by atoms with E-state index in [1.54, 1.807) is 4.90 Å². The van der Waals surface area contributed by atoms with E-state index in [0.29, 0.717) is 19.4 Å². The molecule has 0 heterocycles. The molecule has 1 N–H and O–H groups in total. The molecule has 7 nitrogen and oxygen atoms in total. The largest absolute Gasteiger partial charge is 0.371 e. The van der Waals surface area contributed by atoms with E-state index >= 15 is 0 Å². The summed E-state index contributed by atoms with van der Waals surface area (Å²) in [7, 11) is 0. The van der Waals surface area contributed by atoms with Gasteiger partial charge in [0.25, 0.3) is 5.69 Å². The minimum Gasteiger partial charge on any atom is -0.371 e. The maximum Gasteiger partial charge on any atom is 0.293 e. The predicted octanol–water partition coefficient (Wildman–Crippen LogP) is 1.69. The summed E-state index contributed by atoms with van der Waals surface area (Å²) in [5.74, 6) is -0.135. The Bertz CT molecular complexity index is 512. The van der Waals surface area contributed by atoms with Crippen molar-refractivity contribution in [3.63, 3.8) is 0 Å². The fraction of sp³-hybridized carbons (Fsp3) is 0.385. The average Bonchev–Trinajstić information content (AvgIpc) is 2.46. The van der Waals surface area contributed by atoms with Crippen molar-refractivity contribution in [2.75, 3.05) is 25.0 Å². The summed E-state index contributed by atoms with van der Waals surface area (Å²) in [6.07, 6.45) is 0.540. The third-order valence-electron chi connectivity index (χ3n) is 2.90. The highest BCUT2D eigenvalue weighted by atomic mass is 16.6. The summed E-state index contributed by atoms with van der Waals surface area (Å²) in [5, 5.41) is 13.7. The topological polar surface area (TPSA) is 92.6 Å². The summed E-state index contributed by atoms with van der Waals surface area (Å²) < 4.78 is 0. The Balaban J connectivity index is 2.85. The molecule has 0 saturated carbocycles. The molecule has 1 aromatic carbocycles. The van der Waals surface area contributed by atoms with Gasteiger partial charge < -0.3 is 10.2 Å². The molecule has 1 rings (SSSR count). The third-order valence-corrected chi connectivity index (χ3v) is 2.90. The number of rotatable bonds is 7. The molecular formula is C13H17N3O4. The number of carbonyl (C=O) groups is 2. The van der Waals surface area contributed by atoms with Crippen molar-refractivity contribution in [3.8, 4) is 0 Å². The normalized spacial score (nSPS) is 9.90. The van der Waals surface area contributed by atoms with Gasteiger partial charge in [-0.2, -0.15) is 0 Å². The second-order valence-corrected chi connectivity index (χ2v) is 4.07. The van der Waals surface area contributed by atoms with E-state index < -0.39 is 4.92 Å². The van der Waals surface area contributed by atoms with Crippen molar-refractivity contribution < 1.29 is 14.5 Å². The number of nitro benzene ring substituents is 1. The van der Waals surface area contributed by atoms with Crippen LogP contribution < -0.4 is 5.32 Å². The number of likely N-dealkylation sites (N-methyl/N-ethyl adjacent to an activating group) is 1. The molecule has 108 valence electrons. The van der Waals surface area contributed by atoms with E-state index in [1.807, 2.05) is 13.8 Å². The molecule has 0 saturated heterocycles. The molecule has 7 heteroatoms. The van der Waals surface area contributed by atoms with Crippen LogP contribution in [0.1, 0.15) is 24.2 Å². The minimum atomic E-state index is -0.586.